The number of rotatable bonds is 4. The van der Waals surface area contributed by atoms with Gasteiger partial charge in [-0.2, -0.15) is 0 Å². The summed E-state index contributed by atoms with van der Waals surface area (Å²) in [5.74, 6) is -0.678. The molecule has 0 aliphatic heterocycles. The van der Waals surface area contributed by atoms with Gasteiger partial charge in [-0.3, -0.25) is 4.79 Å². The number of methoxy groups -OCH3 is 1. The molecule has 1 aliphatic rings. The SMILES string of the molecule is COc1cccc(-c2c(C(C)C(=O)O)c(C)nc3sc4c(c23)CCCC4)c1. The number of thiophene rings is 1. The van der Waals surface area contributed by atoms with Crippen molar-refractivity contribution in [2.45, 2.75) is 45.4 Å². The molecule has 0 fully saturated rings. The summed E-state index contributed by atoms with van der Waals surface area (Å²) in [6, 6.07) is 7.92. The Kier molecular flexibility index (Phi) is 4.64. The molecule has 140 valence electrons. The highest BCUT2D eigenvalue weighted by Crippen LogP contribution is 2.45. The first-order valence-corrected chi connectivity index (χ1v) is 10.1. The number of ether oxygens (including phenoxy) is 1. The molecule has 1 aromatic carbocycles. The highest BCUT2D eigenvalue weighted by molar-refractivity contribution is 7.19. The fourth-order valence-electron chi connectivity index (χ4n) is 4.15. The molecule has 0 amide bonds. The molecule has 0 radical (unpaired) electrons. The highest BCUT2D eigenvalue weighted by atomic mass is 32.1. The Morgan fingerprint density at radius 2 is 2.07 bits per heavy atom. The van der Waals surface area contributed by atoms with Crippen LogP contribution in [0.3, 0.4) is 0 Å². The van der Waals surface area contributed by atoms with Crippen LogP contribution in [0.15, 0.2) is 24.3 Å². The Balaban J connectivity index is 2.12. The van der Waals surface area contributed by atoms with Crippen molar-refractivity contribution >= 4 is 27.5 Å². The van der Waals surface area contributed by atoms with E-state index in [9.17, 15) is 9.90 Å². The van der Waals surface area contributed by atoms with Gasteiger partial charge < -0.3 is 9.84 Å². The van der Waals surface area contributed by atoms with Gasteiger partial charge in [0.15, 0.2) is 0 Å². The van der Waals surface area contributed by atoms with E-state index < -0.39 is 11.9 Å². The number of aryl methyl sites for hydroxylation is 3. The predicted molar refractivity (Wildman–Crippen MR) is 109 cm³/mol. The van der Waals surface area contributed by atoms with Gasteiger partial charge in [-0.1, -0.05) is 12.1 Å². The van der Waals surface area contributed by atoms with Crippen molar-refractivity contribution in [2.24, 2.45) is 0 Å². The van der Waals surface area contributed by atoms with E-state index in [0.29, 0.717) is 0 Å². The Morgan fingerprint density at radius 1 is 1.30 bits per heavy atom. The summed E-state index contributed by atoms with van der Waals surface area (Å²) in [5, 5.41) is 10.9. The number of hydrogen-bond acceptors (Lipinski definition) is 4. The summed E-state index contributed by atoms with van der Waals surface area (Å²) in [6.07, 6.45) is 4.52. The van der Waals surface area contributed by atoms with Crippen molar-refractivity contribution < 1.29 is 14.6 Å². The molecular formula is C22H23NO3S. The molecule has 5 heteroatoms. The Bertz CT molecular complexity index is 1040. The quantitative estimate of drug-likeness (QED) is 0.662. The van der Waals surface area contributed by atoms with E-state index in [1.54, 1.807) is 25.4 Å². The lowest BCUT2D eigenvalue weighted by Crippen LogP contribution is -2.12. The van der Waals surface area contributed by atoms with E-state index in [0.717, 1.165) is 51.2 Å². The third kappa shape index (κ3) is 3.00. The van der Waals surface area contributed by atoms with Gasteiger partial charge in [0.1, 0.15) is 10.6 Å². The number of carboxylic acids is 1. The van der Waals surface area contributed by atoms with Crippen LogP contribution < -0.4 is 4.74 Å². The van der Waals surface area contributed by atoms with E-state index in [1.807, 2.05) is 31.2 Å². The molecule has 1 N–H and O–H groups in total. The van der Waals surface area contributed by atoms with Crippen LogP contribution in [0, 0.1) is 6.92 Å². The molecule has 3 aromatic rings. The maximum absolute atomic E-state index is 11.9. The molecule has 4 nitrogen and oxygen atoms in total. The average molecular weight is 381 g/mol. The van der Waals surface area contributed by atoms with Gasteiger partial charge >= 0.3 is 5.97 Å². The maximum atomic E-state index is 11.9. The molecule has 2 heterocycles. The Morgan fingerprint density at radius 3 is 2.81 bits per heavy atom. The number of carboxylic acid groups (broad SMARTS) is 1. The van der Waals surface area contributed by atoms with Crippen LogP contribution in [0.2, 0.25) is 0 Å². The molecular weight excluding hydrogens is 358 g/mol. The van der Waals surface area contributed by atoms with Crippen molar-refractivity contribution in [1.29, 1.82) is 0 Å². The summed E-state index contributed by atoms with van der Waals surface area (Å²) in [6.45, 7) is 3.68. The van der Waals surface area contributed by atoms with Crippen LogP contribution in [0.1, 0.15) is 47.4 Å². The van der Waals surface area contributed by atoms with Gasteiger partial charge in [-0.25, -0.2) is 4.98 Å². The lowest BCUT2D eigenvalue weighted by atomic mass is 9.85. The van der Waals surface area contributed by atoms with Gasteiger partial charge in [-0.05, 0) is 73.9 Å². The molecule has 1 aliphatic carbocycles. The standard InChI is InChI=1S/C22H23NO3S/c1-12(22(24)25)18-13(2)23-21-20(16-9-4-5-10-17(16)27-21)19(18)14-7-6-8-15(11-14)26-3/h6-8,11-12H,4-5,9-10H2,1-3H3,(H,24,25). The first-order chi connectivity index (χ1) is 13.0. The average Bonchev–Trinajstić information content (AvgIpc) is 3.04. The molecule has 1 atom stereocenters. The van der Waals surface area contributed by atoms with Crippen molar-refractivity contribution in [3.05, 3.63) is 46.0 Å². The molecule has 0 saturated carbocycles. The van der Waals surface area contributed by atoms with Crippen molar-refractivity contribution in [3.63, 3.8) is 0 Å². The van der Waals surface area contributed by atoms with E-state index in [2.05, 4.69) is 0 Å². The van der Waals surface area contributed by atoms with Crippen LogP contribution in [-0.4, -0.2) is 23.2 Å². The largest absolute Gasteiger partial charge is 0.497 e. The number of hydrogen-bond donors (Lipinski definition) is 1. The zero-order chi connectivity index (χ0) is 19.1. The number of nitrogens with zero attached hydrogens (tertiary/aromatic N) is 1. The molecule has 0 bridgehead atoms. The number of aliphatic carboxylic acids is 1. The molecule has 4 rings (SSSR count). The third-order valence-electron chi connectivity index (χ3n) is 5.49. The Hall–Kier alpha value is -2.40. The summed E-state index contributed by atoms with van der Waals surface area (Å²) in [7, 11) is 1.65. The van der Waals surface area contributed by atoms with Crippen LogP contribution >= 0.6 is 11.3 Å². The molecule has 0 spiro atoms. The van der Waals surface area contributed by atoms with Gasteiger partial charge in [0.2, 0.25) is 0 Å². The minimum Gasteiger partial charge on any atom is -0.497 e. The summed E-state index contributed by atoms with van der Waals surface area (Å²) in [4.78, 5) is 19.1. The summed E-state index contributed by atoms with van der Waals surface area (Å²) < 4.78 is 5.43. The first-order valence-electron chi connectivity index (χ1n) is 9.33. The van der Waals surface area contributed by atoms with Gasteiger partial charge in [-0.15, -0.1) is 11.3 Å². The van der Waals surface area contributed by atoms with Gasteiger partial charge in [0.05, 0.1) is 13.0 Å². The monoisotopic (exact) mass is 381 g/mol. The summed E-state index contributed by atoms with van der Waals surface area (Å²) in [5.41, 5.74) is 5.00. The number of carbonyl (C=O) groups is 1. The van der Waals surface area contributed by atoms with Crippen LogP contribution in [-0.2, 0) is 17.6 Å². The Labute approximate surface area is 162 Å². The van der Waals surface area contributed by atoms with E-state index >= 15 is 0 Å². The minimum absolute atomic E-state index is 0.623. The number of pyridine rings is 1. The number of fused-ring (bicyclic) bond motifs is 3. The number of benzene rings is 1. The van der Waals surface area contributed by atoms with E-state index in [4.69, 9.17) is 9.72 Å². The fraction of sp³-hybridized carbons (Fsp3) is 0.364. The number of aromatic nitrogens is 1. The second-order valence-electron chi connectivity index (χ2n) is 7.17. The zero-order valence-corrected chi connectivity index (χ0v) is 16.7. The van der Waals surface area contributed by atoms with Crippen molar-refractivity contribution in [3.8, 4) is 16.9 Å². The predicted octanol–water partition coefficient (Wildman–Crippen LogP) is 5.35. The molecule has 0 saturated heterocycles. The molecule has 1 unspecified atom stereocenters. The lowest BCUT2D eigenvalue weighted by molar-refractivity contribution is -0.138. The maximum Gasteiger partial charge on any atom is 0.310 e. The van der Waals surface area contributed by atoms with E-state index in [-0.39, 0.29) is 0 Å². The second-order valence-corrected chi connectivity index (χ2v) is 8.25. The van der Waals surface area contributed by atoms with Crippen molar-refractivity contribution in [1.82, 2.24) is 4.98 Å². The highest BCUT2D eigenvalue weighted by Gasteiger charge is 2.28. The van der Waals surface area contributed by atoms with E-state index in [1.165, 1.54) is 23.3 Å². The topological polar surface area (TPSA) is 59.4 Å². The van der Waals surface area contributed by atoms with Gasteiger partial charge in [0.25, 0.3) is 0 Å². The normalized spacial score (nSPS) is 14.8. The summed E-state index contributed by atoms with van der Waals surface area (Å²) >= 11 is 1.77. The van der Waals surface area contributed by atoms with Gasteiger partial charge in [0, 0.05) is 16.0 Å². The van der Waals surface area contributed by atoms with Crippen LogP contribution in [0.5, 0.6) is 5.75 Å². The third-order valence-corrected chi connectivity index (χ3v) is 6.68. The smallest absolute Gasteiger partial charge is 0.310 e. The van der Waals surface area contributed by atoms with Crippen LogP contribution in [0.4, 0.5) is 0 Å². The van der Waals surface area contributed by atoms with Crippen LogP contribution in [0.25, 0.3) is 21.3 Å². The second kappa shape index (κ2) is 6.97. The van der Waals surface area contributed by atoms with Crippen molar-refractivity contribution in [2.75, 3.05) is 7.11 Å². The first kappa shape index (κ1) is 18.0. The zero-order valence-electron chi connectivity index (χ0n) is 15.8. The molecule has 27 heavy (non-hydrogen) atoms. The minimum atomic E-state index is -0.826. The lowest BCUT2D eigenvalue weighted by Gasteiger charge is -2.19. The molecule has 2 aromatic heterocycles. The fourth-order valence-corrected chi connectivity index (χ4v) is 5.46.